The molecule has 22 nitrogen and oxygen atoms in total. The smallest absolute Gasteiger partial charge is 0.351 e. The number of rotatable bonds is 8. The molecule has 8 atom stereocenters. The van der Waals surface area contributed by atoms with Gasteiger partial charge in [0.2, 0.25) is 65.0 Å². The van der Waals surface area contributed by atoms with Gasteiger partial charge in [0.25, 0.3) is 0 Å². The minimum absolute atomic E-state index is 0.0378. The standard InChI is InChI=1S/C63H95ClF3N11O11/c1-11-38(2)53-60(88)74(7)36-51(81)72(5)37-52(82)76(9)48(34-41-20-13-12-14-21-41)59(87)73(6)35-49(79)69-46(28-26-42-25-27-44(45(64)33-42)63(65,66)67)58(86)78-31-19-24-47(78)56(84)71-62(29-17-18-30-62)61(89)77(10)54(43-22-15-16-23-43)57(85)68-39(3)32-50(80)75(8)40(4)55(83)70-53/h25,27,33,38-41,43,46-48,53-54H,11-24,26,28-32,34-37H2,1-10H3,(H,68,85)(H,69,79)(H,70,83)(H,71,84)/t38-,39+,40-,46-,47-,48-,53-,54-/m0/s1. The van der Waals surface area contributed by atoms with E-state index in [0.29, 0.717) is 44.1 Å². The Morgan fingerprint density at radius 1 is 0.652 bits per heavy atom. The Balaban J connectivity index is 1.35. The second-order valence-electron chi connectivity index (χ2n) is 25.9. The second-order valence-corrected chi connectivity index (χ2v) is 26.3. The fraction of sp³-hybridized carbons (Fsp3) is 0.730. The Morgan fingerprint density at radius 3 is 1.89 bits per heavy atom. The summed E-state index contributed by atoms with van der Waals surface area (Å²) in [6, 6.07) is -4.45. The van der Waals surface area contributed by atoms with E-state index < -0.39 is 155 Å². The van der Waals surface area contributed by atoms with Gasteiger partial charge in [-0.1, -0.05) is 95.7 Å². The SMILES string of the molecule is CC[C@H](C)[C@@H]1NC(=O)[C@H](C)N(C)C(=O)C[C@@H](C)NC(=O)[C@H](C2CCCC2)N(C)C(=O)C2(CCCC2)NC(=O)[C@@H]2CCCN2C(=O)[C@H](CCc2ccc(C(F)(F)F)c(Cl)c2)NC(=O)CN(C)C(=O)[C@H](CC2CCCCC2)N(C)C(=O)CN(C)C(=O)CN(C)C1=O. The van der Waals surface area contributed by atoms with E-state index in [1.165, 1.54) is 74.9 Å². The van der Waals surface area contributed by atoms with Crippen LogP contribution in [0.25, 0.3) is 0 Å². The van der Waals surface area contributed by atoms with E-state index in [1.54, 1.807) is 13.8 Å². The van der Waals surface area contributed by atoms with Gasteiger partial charge in [-0.25, -0.2) is 0 Å². The molecule has 0 bridgehead atoms. The van der Waals surface area contributed by atoms with Gasteiger partial charge in [0.05, 0.1) is 30.2 Å². The summed E-state index contributed by atoms with van der Waals surface area (Å²) in [6.07, 6.45) is 4.89. The number of carbonyl (C=O) groups is 11. The molecule has 89 heavy (non-hydrogen) atoms. The van der Waals surface area contributed by atoms with Crippen LogP contribution in [0.4, 0.5) is 13.2 Å². The van der Waals surface area contributed by atoms with E-state index in [0.717, 1.165) is 71.8 Å². The molecule has 0 radical (unpaired) electrons. The summed E-state index contributed by atoms with van der Waals surface area (Å²) in [5.41, 5.74) is -2.22. The maximum Gasteiger partial charge on any atom is 0.417 e. The zero-order valence-electron chi connectivity index (χ0n) is 53.6. The molecule has 4 N–H and O–H groups in total. The molecule has 5 fully saturated rings. The number of likely N-dealkylation sites (N-methyl/N-ethyl adjacent to an activating group) is 6. The van der Waals surface area contributed by atoms with Crippen molar-refractivity contribution in [1.29, 1.82) is 0 Å². The number of carbonyl (C=O) groups excluding carboxylic acids is 11. The van der Waals surface area contributed by atoms with Crippen LogP contribution in [0.15, 0.2) is 18.2 Å². The minimum atomic E-state index is -4.74. The molecule has 1 spiro atoms. The van der Waals surface area contributed by atoms with Crippen molar-refractivity contribution in [3.05, 3.63) is 34.3 Å². The van der Waals surface area contributed by atoms with Crippen molar-refractivity contribution >= 4 is 76.6 Å². The lowest BCUT2D eigenvalue weighted by molar-refractivity contribution is -0.150. The molecule has 496 valence electrons. The Bertz CT molecular complexity index is 2760. The van der Waals surface area contributed by atoms with Crippen LogP contribution in [-0.4, -0.2) is 216 Å². The monoisotopic (exact) mass is 1270 g/mol. The van der Waals surface area contributed by atoms with Crippen molar-refractivity contribution in [2.24, 2.45) is 17.8 Å². The van der Waals surface area contributed by atoms with Crippen LogP contribution >= 0.6 is 11.6 Å². The number of hydrogen-bond donors (Lipinski definition) is 4. The molecule has 0 aromatic heterocycles. The molecule has 6 rings (SSSR count). The molecular formula is C63H95ClF3N11O11. The Morgan fingerprint density at radius 2 is 1.27 bits per heavy atom. The van der Waals surface area contributed by atoms with Gasteiger partial charge in [0, 0.05) is 61.3 Å². The van der Waals surface area contributed by atoms with Gasteiger partial charge in [0.15, 0.2) is 0 Å². The van der Waals surface area contributed by atoms with Crippen molar-refractivity contribution in [3.8, 4) is 0 Å². The molecular weight excluding hydrogens is 1180 g/mol. The van der Waals surface area contributed by atoms with E-state index in [9.17, 15) is 56.3 Å². The Hall–Kier alpha value is -6.53. The van der Waals surface area contributed by atoms with Gasteiger partial charge in [-0.3, -0.25) is 52.7 Å². The molecule has 1 aromatic rings. The van der Waals surface area contributed by atoms with Gasteiger partial charge in [-0.05, 0) is 107 Å². The molecule has 5 aliphatic rings. The highest BCUT2D eigenvalue weighted by Gasteiger charge is 2.50. The van der Waals surface area contributed by atoms with Crippen LogP contribution in [0.5, 0.6) is 0 Å². The molecule has 3 aliphatic carbocycles. The number of halogens is 4. The predicted octanol–water partition coefficient (Wildman–Crippen LogP) is 4.67. The molecule has 3 saturated carbocycles. The first-order valence-electron chi connectivity index (χ1n) is 31.8. The van der Waals surface area contributed by atoms with E-state index in [-0.39, 0.29) is 63.3 Å². The van der Waals surface area contributed by atoms with Crippen molar-refractivity contribution in [1.82, 2.24) is 55.6 Å². The van der Waals surface area contributed by atoms with E-state index >= 15 is 9.59 Å². The number of nitrogens with zero attached hydrogens (tertiary/aromatic N) is 7. The first-order chi connectivity index (χ1) is 41.9. The summed E-state index contributed by atoms with van der Waals surface area (Å²) < 4.78 is 41.3. The molecule has 2 aliphatic heterocycles. The van der Waals surface area contributed by atoms with Gasteiger partial charge in [0.1, 0.15) is 41.8 Å². The van der Waals surface area contributed by atoms with Crippen LogP contribution in [0, 0.1) is 17.8 Å². The summed E-state index contributed by atoms with van der Waals surface area (Å²) >= 11 is 6.11. The normalized spacial score (nSPS) is 27.5. The van der Waals surface area contributed by atoms with Crippen molar-refractivity contribution in [2.75, 3.05) is 68.5 Å². The molecule has 1 aromatic carbocycles. The Kier molecular flexibility index (Phi) is 25.3. The van der Waals surface area contributed by atoms with Crippen molar-refractivity contribution in [3.63, 3.8) is 0 Å². The highest BCUT2D eigenvalue weighted by molar-refractivity contribution is 6.31. The average Bonchev–Trinajstić information content (AvgIpc) is 2.96. The summed E-state index contributed by atoms with van der Waals surface area (Å²) in [5, 5.41) is 11.0. The van der Waals surface area contributed by atoms with E-state index in [2.05, 4.69) is 21.3 Å². The Labute approximate surface area is 526 Å². The lowest BCUT2D eigenvalue weighted by Crippen LogP contribution is -2.64. The lowest BCUT2D eigenvalue weighted by atomic mass is 9.84. The zero-order chi connectivity index (χ0) is 65.8. The molecule has 2 saturated heterocycles. The summed E-state index contributed by atoms with van der Waals surface area (Å²) in [5.74, 6) is -7.37. The van der Waals surface area contributed by atoms with Crippen molar-refractivity contribution in [2.45, 2.75) is 210 Å². The lowest BCUT2D eigenvalue weighted by Gasteiger charge is -2.40. The number of hydrogen-bond acceptors (Lipinski definition) is 11. The zero-order valence-corrected chi connectivity index (χ0v) is 54.4. The van der Waals surface area contributed by atoms with E-state index in [1.807, 2.05) is 6.92 Å². The number of aryl methyl sites for hydroxylation is 1. The van der Waals surface area contributed by atoms with Crippen molar-refractivity contribution < 1.29 is 65.9 Å². The van der Waals surface area contributed by atoms with Crippen LogP contribution in [0.2, 0.25) is 5.02 Å². The van der Waals surface area contributed by atoms with Gasteiger partial charge >= 0.3 is 6.18 Å². The third-order valence-corrected chi connectivity index (χ3v) is 19.7. The number of amides is 11. The number of alkyl halides is 3. The first kappa shape index (κ1) is 71.5. The number of benzene rings is 1. The minimum Gasteiger partial charge on any atom is -0.351 e. The molecule has 0 unspecified atom stereocenters. The van der Waals surface area contributed by atoms with Crippen LogP contribution in [-0.2, 0) is 65.3 Å². The van der Waals surface area contributed by atoms with Gasteiger partial charge < -0.3 is 55.6 Å². The fourth-order valence-corrected chi connectivity index (χ4v) is 13.8. The third-order valence-electron chi connectivity index (χ3n) is 19.3. The molecule has 2 heterocycles. The van der Waals surface area contributed by atoms with Crippen LogP contribution < -0.4 is 21.3 Å². The maximum atomic E-state index is 15.1. The largest absolute Gasteiger partial charge is 0.417 e. The van der Waals surface area contributed by atoms with E-state index in [4.69, 9.17) is 11.6 Å². The summed E-state index contributed by atoms with van der Waals surface area (Å²) in [7, 11) is 8.56. The van der Waals surface area contributed by atoms with Gasteiger partial charge in [-0.15, -0.1) is 0 Å². The third kappa shape index (κ3) is 18.1. The topological polar surface area (TPSA) is 259 Å². The highest BCUT2D eigenvalue weighted by atomic mass is 35.5. The fourth-order valence-electron chi connectivity index (χ4n) is 13.4. The van der Waals surface area contributed by atoms with Crippen LogP contribution in [0.3, 0.4) is 0 Å². The molecule has 26 heteroatoms. The summed E-state index contributed by atoms with van der Waals surface area (Å²) in [4.78, 5) is 167. The number of fused-ring (bicyclic) bond motifs is 1. The quantitative estimate of drug-likeness (QED) is 0.278. The second kappa shape index (κ2) is 31.5. The first-order valence-corrected chi connectivity index (χ1v) is 32.2. The highest BCUT2D eigenvalue weighted by Crippen LogP contribution is 2.38. The average molecular weight is 1270 g/mol. The van der Waals surface area contributed by atoms with Crippen LogP contribution in [0.1, 0.15) is 161 Å². The summed E-state index contributed by atoms with van der Waals surface area (Å²) in [6.45, 7) is 5.20. The van der Waals surface area contributed by atoms with Gasteiger partial charge in [-0.2, -0.15) is 13.2 Å². The molecule has 11 amide bonds. The maximum absolute atomic E-state index is 15.1. The predicted molar refractivity (Wildman–Crippen MR) is 326 cm³/mol. The number of nitrogens with one attached hydrogen (secondary N) is 4.